The van der Waals surface area contributed by atoms with Crippen LogP contribution in [0.5, 0.6) is 0 Å². The van der Waals surface area contributed by atoms with Crippen LogP contribution in [0.25, 0.3) is 11.1 Å². The molecule has 1 aromatic carbocycles. The molecule has 3 nitrogen and oxygen atoms in total. The molecule has 0 fully saturated rings. The maximum Gasteiger partial charge on any atom is 0.259 e. The molecule has 0 aliphatic carbocycles. The Morgan fingerprint density at radius 2 is 1.90 bits per heavy atom. The minimum absolute atomic E-state index is 0.202. The Morgan fingerprint density at radius 3 is 2.67 bits per heavy atom. The van der Waals surface area contributed by atoms with Crippen molar-refractivity contribution in [3.63, 3.8) is 0 Å². The predicted molar refractivity (Wildman–Crippen MR) is 87.0 cm³/mol. The van der Waals surface area contributed by atoms with Crippen LogP contribution in [0.1, 0.15) is 10.4 Å². The standard InChI is InChI=1S/C16H11ClN2OS/c17-14-13(7-4-9-18-14)15(20)19-16-12(8-10-21-16)11-5-2-1-3-6-11/h1-10H,(H,19,20). The normalized spacial score (nSPS) is 10.3. The fourth-order valence-corrected chi connectivity index (χ4v) is 2.99. The van der Waals surface area contributed by atoms with Crippen LogP contribution in [0.4, 0.5) is 5.00 Å². The number of carbonyl (C=O) groups excluding carboxylic acids is 1. The molecule has 0 atom stereocenters. The lowest BCUT2D eigenvalue weighted by atomic mass is 10.1. The van der Waals surface area contributed by atoms with Crippen LogP contribution in [0.15, 0.2) is 60.1 Å². The van der Waals surface area contributed by atoms with Crippen molar-refractivity contribution >= 4 is 33.8 Å². The second-order valence-electron chi connectivity index (χ2n) is 4.33. The Morgan fingerprint density at radius 1 is 1.10 bits per heavy atom. The van der Waals surface area contributed by atoms with Crippen LogP contribution in [-0.2, 0) is 0 Å². The highest BCUT2D eigenvalue weighted by atomic mass is 35.5. The van der Waals surface area contributed by atoms with Crippen molar-refractivity contribution in [2.75, 3.05) is 5.32 Å². The van der Waals surface area contributed by atoms with Gasteiger partial charge in [-0.05, 0) is 29.1 Å². The molecule has 1 N–H and O–H groups in total. The summed E-state index contributed by atoms with van der Waals surface area (Å²) in [5, 5.41) is 5.85. The molecule has 104 valence electrons. The molecule has 0 aliphatic rings. The Hall–Kier alpha value is -2.17. The molecule has 0 bridgehead atoms. The number of rotatable bonds is 3. The van der Waals surface area contributed by atoms with Crippen LogP contribution in [0, 0.1) is 0 Å². The summed E-state index contributed by atoms with van der Waals surface area (Å²) in [6.45, 7) is 0. The molecule has 2 aromatic heterocycles. The third-order valence-corrected chi connectivity index (χ3v) is 4.11. The molecule has 5 heteroatoms. The lowest BCUT2D eigenvalue weighted by Crippen LogP contribution is -2.12. The van der Waals surface area contributed by atoms with E-state index in [1.54, 1.807) is 18.3 Å². The summed E-state index contributed by atoms with van der Waals surface area (Å²) in [4.78, 5) is 16.2. The van der Waals surface area contributed by atoms with E-state index in [0.29, 0.717) is 5.56 Å². The summed E-state index contributed by atoms with van der Waals surface area (Å²) in [6.07, 6.45) is 1.56. The summed E-state index contributed by atoms with van der Waals surface area (Å²) in [5.41, 5.74) is 2.42. The van der Waals surface area contributed by atoms with Gasteiger partial charge in [0.15, 0.2) is 0 Å². The average molecular weight is 315 g/mol. The molecule has 0 saturated carbocycles. The molecule has 0 spiro atoms. The number of hydrogen-bond donors (Lipinski definition) is 1. The van der Waals surface area contributed by atoms with E-state index in [1.807, 2.05) is 41.8 Å². The Kier molecular flexibility index (Phi) is 3.99. The van der Waals surface area contributed by atoms with Crippen molar-refractivity contribution in [1.29, 1.82) is 0 Å². The Bertz CT molecular complexity index is 771. The Balaban J connectivity index is 1.89. The van der Waals surface area contributed by atoms with Crippen molar-refractivity contribution in [2.24, 2.45) is 0 Å². The number of halogens is 1. The maximum atomic E-state index is 12.3. The SMILES string of the molecule is O=C(Nc1sccc1-c1ccccc1)c1cccnc1Cl. The molecule has 2 heterocycles. The van der Waals surface area contributed by atoms with E-state index in [1.165, 1.54) is 11.3 Å². The van der Waals surface area contributed by atoms with E-state index in [0.717, 1.165) is 16.1 Å². The minimum atomic E-state index is -0.257. The zero-order valence-corrected chi connectivity index (χ0v) is 12.5. The highest BCUT2D eigenvalue weighted by Gasteiger charge is 2.14. The third-order valence-electron chi connectivity index (χ3n) is 2.98. The maximum absolute atomic E-state index is 12.3. The zero-order chi connectivity index (χ0) is 14.7. The van der Waals surface area contributed by atoms with E-state index >= 15 is 0 Å². The number of thiophene rings is 1. The summed E-state index contributed by atoms with van der Waals surface area (Å²) in [7, 11) is 0. The van der Waals surface area contributed by atoms with Crippen LogP contribution in [0.2, 0.25) is 5.15 Å². The van der Waals surface area contributed by atoms with Crippen LogP contribution in [0.3, 0.4) is 0 Å². The number of nitrogens with zero attached hydrogens (tertiary/aromatic N) is 1. The molecule has 1 amide bonds. The first-order valence-electron chi connectivity index (χ1n) is 6.30. The highest BCUT2D eigenvalue weighted by Crippen LogP contribution is 2.33. The van der Waals surface area contributed by atoms with Gasteiger partial charge in [-0.15, -0.1) is 11.3 Å². The van der Waals surface area contributed by atoms with E-state index in [4.69, 9.17) is 11.6 Å². The fourth-order valence-electron chi connectivity index (χ4n) is 1.98. The van der Waals surface area contributed by atoms with Gasteiger partial charge in [-0.2, -0.15) is 0 Å². The number of carbonyl (C=O) groups is 1. The van der Waals surface area contributed by atoms with Gasteiger partial charge in [-0.1, -0.05) is 41.9 Å². The second kappa shape index (κ2) is 6.08. The quantitative estimate of drug-likeness (QED) is 0.711. The van der Waals surface area contributed by atoms with E-state index < -0.39 is 0 Å². The van der Waals surface area contributed by atoms with Crippen molar-refractivity contribution in [1.82, 2.24) is 4.98 Å². The van der Waals surface area contributed by atoms with E-state index in [9.17, 15) is 4.79 Å². The lowest BCUT2D eigenvalue weighted by Gasteiger charge is -2.07. The first-order valence-corrected chi connectivity index (χ1v) is 7.56. The van der Waals surface area contributed by atoms with Crippen molar-refractivity contribution < 1.29 is 4.79 Å². The van der Waals surface area contributed by atoms with Gasteiger partial charge in [-0.25, -0.2) is 4.98 Å². The molecule has 0 saturated heterocycles. The number of amides is 1. The molecular weight excluding hydrogens is 304 g/mol. The molecule has 0 aliphatic heterocycles. The summed E-state index contributed by atoms with van der Waals surface area (Å²) < 4.78 is 0. The third kappa shape index (κ3) is 2.96. The van der Waals surface area contributed by atoms with Gasteiger partial charge in [0.1, 0.15) is 10.2 Å². The van der Waals surface area contributed by atoms with Crippen molar-refractivity contribution in [3.05, 3.63) is 70.8 Å². The molecule has 3 rings (SSSR count). The van der Waals surface area contributed by atoms with Gasteiger partial charge >= 0.3 is 0 Å². The number of benzene rings is 1. The predicted octanol–water partition coefficient (Wildman–Crippen LogP) is 4.72. The number of aromatic nitrogens is 1. The molecule has 0 unspecified atom stereocenters. The van der Waals surface area contributed by atoms with Gasteiger partial charge < -0.3 is 5.32 Å². The largest absolute Gasteiger partial charge is 0.313 e. The monoisotopic (exact) mass is 314 g/mol. The zero-order valence-electron chi connectivity index (χ0n) is 10.9. The number of nitrogens with one attached hydrogen (secondary N) is 1. The van der Waals surface area contributed by atoms with Crippen LogP contribution >= 0.6 is 22.9 Å². The van der Waals surface area contributed by atoms with Gasteiger partial charge in [-0.3, -0.25) is 4.79 Å². The molecular formula is C16H11ClN2OS. The Labute approximate surface area is 131 Å². The first kappa shape index (κ1) is 13.8. The molecule has 3 aromatic rings. The topological polar surface area (TPSA) is 42.0 Å². The fraction of sp³-hybridized carbons (Fsp3) is 0. The average Bonchev–Trinajstić information content (AvgIpc) is 2.96. The smallest absolute Gasteiger partial charge is 0.259 e. The van der Waals surface area contributed by atoms with E-state index in [2.05, 4.69) is 10.3 Å². The van der Waals surface area contributed by atoms with Gasteiger partial charge in [0.25, 0.3) is 5.91 Å². The van der Waals surface area contributed by atoms with Crippen molar-refractivity contribution in [2.45, 2.75) is 0 Å². The van der Waals surface area contributed by atoms with Crippen molar-refractivity contribution in [3.8, 4) is 11.1 Å². The number of anilines is 1. The lowest BCUT2D eigenvalue weighted by molar-refractivity contribution is 0.102. The number of hydrogen-bond acceptors (Lipinski definition) is 3. The minimum Gasteiger partial charge on any atom is -0.313 e. The van der Waals surface area contributed by atoms with Gasteiger partial charge in [0.05, 0.1) is 5.56 Å². The van der Waals surface area contributed by atoms with Gasteiger partial charge in [0, 0.05) is 11.8 Å². The first-order chi connectivity index (χ1) is 10.3. The van der Waals surface area contributed by atoms with Crippen LogP contribution < -0.4 is 5.32 Å². The van der Waals surface area contributed by atoms with Crippen LogP contribution in [-0.4, -0.2) is 10.9 Å². The summed E-state index contributed by atoms with van der Waals surface area (Å²) in [6, 6.07) is 15.2. The van der Waals surface area contributed by atoms with Gasteiger partial charge in [0.2, 0.25) is 0 Å². The summed E-state index contributed by atoms with van der Waals surface area (Å²) >= 11 is 7.43. The molecule has 21 heavy (non-hydrogen) atoms. The van der Waals surface area contributed by atoms with E-state index in [-0.39, 0.29) is 11.1 Å². The number of pyridine rings is 1. The molecule has 0 radical (unpaired) electrons. The second-order valence-corrected chi connectivity index (χ2v) is 5.60. The highest BCUT2D eigenvalue weighted by molar-refractivity contribution is 7.15. The summed E-state index contributed by atoms with van der Waals surface area (Å²) in [5.74, 6) is -0.257.